The zero-order chi connectivity index (χ0) is 13.5. The lowest BCUT2D eigenvalue weighted by atomic mass is 10.2. The molecule has 2 aromatic heterocycles. The van der Waals surface area contributed by atoms with E-state index in [9.17, 15) is 4.79 Å². The number of hydrogen-bond acceptors (Lipinski definition) is 4. The third-order valence-electron chi connectivity index (χ3n) is 2.36. The summed E-state index contributed by atoms with van der Waals surface area (Å²) in [5, 5.41) is 2.54. The lowest BCUT2D eigenvalue weighted by Crippen LogP contribution is -2.17. The van der Waals surface area contributed by atoms with Crippen LogP contribution in [0.25, 0.3) is 11.2 Å². The van der Waals surface area contributed by atoms with Gasteiger partial charge in [0.05, 0.1) is 12.5 Å². The number of aromatic amines is 1. The van der Waals surface area contributed by atoms with E-state index in [-0.39, 0.29) is 5.91 Å². The summed E-state index contributed by atoms with van der Waals surface area (Å²) >= 11 is 0. The van der Waals surface area contributed by atoms with E-state index in [1.165, 1.54) is 6.33 Å². The van der Waals surface area contributed by atoms with Crippen molar-refractivity contribution in [3.05, 3.63) is 54.7 Å². The quantitative estimate of drug-likeness (QED) is 0.688. The zero-order valence-electron chi connectivity index (χ0n) is 10.4. The van der Waals surface area contributed by atoms with Crippen LogP contribution in [-0.2, 0) is 0 Å². The van der Waals surface area contributed by atoms with Crippen LogP contribution in [0.5, 0.6) is 0 Å². The molecule has 0 aliphatic heterocycles. The monoisotopic (exact) mass is 255 g/mol. The van der Waals surface area contributed by atoms with Gasteiger partial charge in [0.1, 0.15) is 11.8 Å². The lowest BCUT2D eigenvalue weighted by molar-refractivity contribution is 0.0963. The fourth-order valence-electron chi connectivity index (χ4n) is 1.42. The van der Waals surface area contributed by atoms with E-state index in [2.05, 4.69) is 25.3 Å². The van der Waals surface area contributed by atoms with Crippen molar-refractivity contribution in [3.8, 4) is 0 Å². The Labute approximate surface area is 109 Å². The van der Waals surface area contributed by atoms with Crippen molar-refractivity contribution in [2.75, 3.05) is 7.05 Å². The first-order valence-corrected chi connectivity index (χ1v) is 5.67. The topological polar surface area (TPSA) is 83.6 Å². The van der Waals surface area contributed by atoms with Gasteiger partial charge in [-0.3, -0.25) is 4.79 Å². The molecule has 19 heavy (non-hydrogen) atoms. The average molecular weight is 255 g/mol. The third kappa shape index (κ3) is 3.35. The van der Waals surface area contributed by atoms with Gasteiger partial charge in [0.2, 0.25) is 0 Å². The summed E-state index contributed by atoms with van der Waals surface area (Å²) in [4.78, 5) is 25.4. The van der Waals surface area contributed by atoms with Crippen molar-refractivity contribution < 1.29 is 4.79 Å². The van der Waals surface area contributed by atoms with Crippen LogP contribution >= 0.6 is 0 Å². The fourth-order valence-corrected chi connectivity index (χ4v) is 1.42. The minimum Gasteiger partial charge on any atom is -0.355 e. The minimum atomic E-state index is -0.0411. The molecule has 3 aromatic rings. The van der Waals surface area contributed by atoms with Crippen molar-refractivity contribution >= 4 is 17.1 Å². The fraction of sp³-hybridized carbons (Fsp3) is 0.0769. The highest BCUT2D eigenvalue weighted by Gasteiger charge is 1.97. The van der Waals surface area contributed by atoms with Gasteiger partial charge in [0, 0.05) is 12.6 Å². The summed E-state index contributed by atoms with van der Waals surface area (Å²) in [6.07, 6.45) is 4.76. The van der Waals surface area contributed by atoms with E-state index < -0.39 is 0 Å². The molecule has 0 aliphatic carbocycles. The van der Waals surface area contributed by atoms with Gasteiger partial charge in [-0.15, -0.1) is 0 Å². The van der Waals surface area contributed by atoms with E-state index in [1.807, 2.05) is 18.2 Å². The van der Waals surface area contributed by atoms with Crippen LogP contribution in [-0.4, -0.2) is 32.9 Å². The number of imidazole rings is 1. The van der Waals surface area contributed by atoms with Gasteiger partial charge in [0.25, 0.3) is 5.91 Å². The van der Waals surface area contributed by atoms with Crippen LogP contribution in [0.15, 0.2) is 49.2 Å². The molecule has 0 radical (unpaired) electrons. The lowest BCUT2D eigenvalue weighted by Gasteiger charge is -1.96. The van der Waals surface area contributed by atoms with Crippen LogP contribution in [0.2, 0.25) is 0 Å². The molecule has 0 bridgehead atoms. The number of rotatable bonds is 1. The number of amides is 1. The van der Waals surface area contributed by atoms with E-state index in [4.69, 9.17) is 0 Å². The standard InChI is InChI=1S/C8H9NO.C5H4N4/c1-9-8(10)7-5-3-2-4-6-7;1-4-5(8-2-6-1)9-3-7-4/h2-6H,1H3,(H,9,10);1-3H,(H,6,7,8,9). The first-order chi connectivity index (χ1) is 9.31. The maximum atomic E-state index is 10.9. The SMILES string of the molecule is CNC(=O)c1ccccc1.c1ncc2[nH]cnc2n1. The summed E-state index contributed by atoms with van der Waals surface area (Å²) in [5.41, 5.74) is 2.28. The highest BCUT2D eigenvalue weighted by atomic mass is 16.1. The Morgan fingerprint density at radius 3 is 2.68 bits per heavy atom. The van der Waals surface area contributed by atoms with E-state index in [1.54, 1.807) is 31.7 Å². The maximum Gasteiger partial charge on any atom is 0.251 e. The van der Waals surface area contributed by atoms with Gasteiger partial charge in [-0.05, 0) is 12.1 Å². The number of nitrogens with zero attached hydrogens (tertiary/aromatic N) is 3. The summed E-state index contributed by atoms with van der Waals surface area (Å²) in [6, 6.07) is 9.11. The highest BCUT2D eigenvalue weighted by Crippen LogP contribution is 1.99. The molecule has 1 aromatic carbocycles. The van der Waals surface area contributed by atoms with Gasteiger partial charge in [-0.2, -0.15) is 0 Å². The largest absolute Gasteiger partial charge is 0.355 e. The molecule has 0 unspecified atom stereocenters. The maximum absolute atomic E-state index is 10.9. The normalized spacial score (nSPS) is 9.53. The van der Waals surface area contributed by atoms with Crippen molar-refractivity contribution in [2.24, 2.45) is 0 Å². The van der Waals surface area contributed by atoms with Crippen LogP contribution in [0, 0.1) is 0 Å². The molecule has 96 valence electrons. The molecule has 0 saturated carbocycles. The van der Waals surface area contributed by atoms with Gasteiger partial charge in [0.15, 0.2) is 5.65 Å². The minimum absolute atomic E-state index is 0.0411. The number of H-pyrrole nitrogens is 1. The number of hydrogen-bond donors (Lipinski definition) is 2. The second kappa shape index (κ2) is 6.25. The van der Waals surface area contributed by atoms with Crippen LogP contribution in [0.3, 0.4) is 0 Å². The molecule has 6 nitrogen and oxygen atoms in total. The summed E-state index contributed by atoms with van der Waals surface area (Å²) < 4.78 is 0. The summed E-state index contributed by atoms with van der Waals surface area (Å²) in [7, 11) is 1.62. The Hall–Kier alpha value is -2.76. The molecule has 1 amide bonds. The zero-order valence-corrected chi connectivity index (χ0v) is 10.4. The first-order valence-electron chi connectivity index (χ1n) is 5.67. The smallest absolute Gasteiger partial charge is 0.251 e. The Kier molecular flexibility index (Phi) is 4.17. The average Bonchev–Trinajstić information content (AvgIpc) is 2.96. The number of benzene rings is 1. The van der Waals surface area contributed by atoms with Crippen LogP contribution in [0.4, 0.5) is 0 Å². The molecular weight excluding hydrogens is 242 g/mol. The predicted octanol–water partition coefficient (Wildman–Crippen LogP) is 1.40. The second-order valence-corrected chi connectivity index (χ2v) is 3.61. The van der Waals surface area contributed by atoms with Crippen molar-refractivity contribution in [1.29, 1.82) is 0 Å². The third-order valence-corrected chi connectivity index (χ3v) is 2.36. The Balaban J connectivity index is 0.000000141. The van der Waals surface area contributed by atoms with Crippen LogP contribution in [0.1, 0.15) is 10.4 Å². The summed E-state index contributed by atoms with van der Waals surface area (Å²) in [5.74, 6) is -0.0411. The molecule has 3 rings (SSSR count). The number of aromatic nitrogens is 4. The number of carbonyl (C=O) groups is 1. The van der Waals surface area contributed by atoms with Gasteiger partial charge in [-0.1, -0.05) is 18.2 Å². The molecule has 6 heteroatoms. The highest BCUT2D eigenvalue weighted by molar-refractivity contribution is 5.93. The first kappa shape index (κ1) is 12.7. The number of nitrogens with one attached hydrogen (secondary N) is 2. The molecule has 0 fully saturated rings. The van der Waals surface area contributed by atoms with E-state index in [0.29, 0.717) is 11.2 Å². The number of fused-ring (bicyclic) bond motifs is 1. The number of carbonyl (C=O) groups excluding carboxylic acids is 1. The molecule has 2 heterocycles. The second-order valence-electron chi connectivity index (χ2n) is 3.61. The molecule has 0 spiro atoms. The summed E-state index contributed by atoms with van der Waals surface area (Å²) in [6.45, 7) is 0. The van der Waals surface area contributed by atoms with Crippen molar-refractivity contribution in [3.63, 3.8) is 0 Å². The van der Waals surface area contributed by atoms with E-state index >= 15 is 0 Å². The Bertz CT molecular complexity index is 620. The van der Waals surface area contributed by atoms with Crippen molar-refractivity contribution in [2.45, 2.75) is 0 Å². The molecular formula is C13H13N5O. The predicted molar refractivity (Wildman–Crippen MR) is 71.5 cm³/mol. The van der Waals surface area contributed by atoms with Crippen LogP contribution < -0.4 is 5.32 Å². The Morgan fingerprint density at radius 1 is 1.21 bits per heavy atom. The molecule has 0 atom stereocenters. The molecule has 2 N–H and O–H groups in total. The van der Waals surface area contributed by atoms with Gasteiger partial charge >= 0.3 is 0 Å². The Morgan fingerprint density at radius 2 is 2.00 bits per heavy atom. The molecule has 0 aliphatic rings. The van der Waals surface area contributed by atoms with Gasteiger partial charge < -0.3 is 10.3 Å². The van der Waals surface area contributed by atoms with E-state index in [0.717, 1.165) is 5.52 Å². The van der Waals surface area contributed by atoms with Gasteiger partial charge in [-0.25, -0.2) is 15.0 Å². The molecule has 0 saturated heterocycles. The van der Waals surface area contributed by atoms with Crippen molar-refractivity contribution in [1.82, 2.24) is 25.3 Å².